The Bertz CT molecular complexity index is 1340. The van der Waals surface area contributed by atoms with Gasteiger partial charge in [0.05, 0.1) is 12.2 Å². The largest absolute Gasteiger partial charge is 2.00 e. The van der Waals surface area contributed by atoms with Crippen LogP contribution in [0, 0.1) is 0 Å². The van der Waals surface area contributed by atoms with E-state index in [2.05, 4.69) is 106 Å². The van der Waals surface area contributed by atoms with Crippen molar-refractivity contribution < 1.29 is 26.7 Å². The first kappa shape index (κ1) is 42.1. The van der Waals surface area contributed by atoms with E-state index in [4.69, 9.17) is 10.6 Å². The van der Waals surface area contributed by atoms with Gasteiger partial charge in [0.1, 0.15) is 0 Å². The maximum absolute atomic E-state index is 10.5. The molecule has 0 aliphatic rings. The molecule has 0 saturated heterocycles. The van der Waals surface area contributed by atoms with Crippen LogP contribution < -0.4 is 0 Å². The van der Waals surface area contributed by atoms with Crippen molar-refractivity contribution in [2.24, 2.45) is 0 Å². The van der Waals surface area contributed by atoms with E-state index in [9.17, 15) is 10.2 Å². The molecule has 0 radical (unpaired) electrons. The predicted octanol–water partition coefficient (Wildman–Crippen LogP) is 12.9. The number of rotatable bonds is 14. The van der Waals surface area contributed by atoms with E-state index in [-0.39, 0.29) is 28.6 Å². The molecule has 0 fully saturated rings. The molecular weight excluding hydrogens is 647 g/mol. The first-order chi connectivity index (χ1) is 22.8. The summed E-state index contributed by atoms with van der Waals surface area (Å²) >= 11 is 0. The molecule has 4 aromatic rings. The molecule has 4 aromatic carbocycles. The number of nitrogens with zero attached hydrogens (tertiary/aromatic N) is 2. The van der Waals surface area contributed by atoms with Crippen LogP contribution in [0.5, 0.6) is 0 Å². The van der Waals surface area contributed by atoms with Crippen molar-refractivity contribution in [2.45, 2.75) is 130 Å². The third kappa shape index (κ3) is 12.6. The van der Waals surface area contributed by atoms with Crippen LogP contribution in [-0.2, 0) is 16.5 Å². The summed E-state index contributed by atoms with van der Waals surface area (Å²) < 4.78 is 0. The zero-order chi connectivity index (χ0) is 35.4. The summed E-state index contributed by atoms with van der Waals surface area (Å²) in [5, 5.41) is 30.9. The third-order valence-corrected chi connectivity index (χ3v) is 8.88. The smallest absolute Gasteiger partial charge is 0.681 e. The minimum Gasteiger partial charge on any atom is -0.681 e. The second kappa shape index (κ2) is 20.5. The van der Waals surface area contributed by atoms with Crippen LogP contribution in [0.15, 0.2) is 97.1 Å². The van der Waals surface area contributed by atoms with Gasteiger partial charge in [-0.3, -0.25) is 0 Å². The fraction of sp³-hybridized carbons (Fsp3) is 0.455. The SMILES string of the molecule is CC(CC(O)c1ccccc1)[N-]c1c(C(C)C)cccc1C(C)C.CC(CC(O)c1ccccc1)[N-]c1c(C(C)C)cccc1C(C)C.[Ni+2]. The van der Waals surface area contributed by atoms with Gasteiger partial charge in [-0.1, -0.05) is 189 Å². The van der Waals surface area contributed by atoms with Gasteiger partial charge >= 0.3 is 16.5 Å². The summed E-state index contributed by atoms with van der Waals surface area (Å²) in [4.78, 5) is 0. The Labute approximate surface area is 308 Å². The van der Waals surface area contributed by atoms with Gasteiger partial charge in [0, 0.05) is 0 Å². The molecule has 4 atom stereocenters. The number of benzene rings is 4. The van der Waals surface area contributed by atoms with Gasteiger partial charge in [-0.15, -0.1) is 23.5 Å². The van der Waals surface area contributed by atoms with Crippen molar-refractivity contribution in [3.8, 4) is 0 Å². The minimum absolute atomic E-state index is 0. The van der Waals surface area contributed by atoms with E-state index in [0.29, 0.717) is 36.5 Å². The molecule has 5 heteroatoms. The molecule has 0 aliphatic carbocycles. The zero-order valence-corrected chi connectivity index (χ0v) is 32.4. The maximum Gasteiger partial charge on any atom is 2.00 e. The number of para-hydroxylation sites is 2. The standard InChI is InChI=1S/2C22H30NO.Ni/c2*1-15(2)19-12-9-13-20(16(3)4)22(19)23-17(5)14-21(24)18-10-7-6-8-11-18;/h2*6-13,15-17,21,24H,14H2,1-5H3;/q2*-1;+2. The van der Waals surface area contributed by atoms with Gasteiger partial charge in [-0.2, -0.15) is 0 Å². The van der Waals surface area contributed by atoms with Gasteiger partial charge in [-0.25, -0.2) is 0 Å². The molecule has 0 saturated carbocycles. The fourth-order valence-electron chi connectivity index (χ4n) is 6.14. The Morgan fingerprint density at radius 3 is 0.918 bits per heavy atom. The Morgan fingerprint density at radius 2 is 0.673 bits per heavy atom. The van der Waals surface area contributed by atoms with Crippen LogP contribution >= 0.6 is 0 Å². The van der Waals surface area contributed by atoms with Crippen LogP contribution in [0.4, 0.5) is 11.4 Å². The van der Waals surface area contributed by atoms with Crippen molar-refractivity contribution in [1.29, 1.82) is 0 Å². The molecule has 2 N–H and O–H groups in total. The molecule has 4 rings (SSSR count). The normalized spacial score (nSPS) is 13.7. The third-order valence-electron chi connectivity index (χ3n) is 8.88. The molecule has 0 aliphatic heterocycles. The Kier molecular flexibility index (Phi) is 17.6. The van der Waals surface area contributed by atoms with Crippen molar-refractivity contribution in [3.63, 3.8) is 0 Å². The molecule has 0 bridgehead atoms. The van der Waals surface area contributed by atoms with Crippen LogP contribution in [0.25, 0.3) is 10.6 Å². The first-order valence-electron chi connectivity index (χ1n) is 17.9. The van der Waals surface area contributed by atoms with Gasteiger partial charge in [0.2, 0.25) is 0 Å². The quantitative estimate of drug-likeness (QED) is 0.128. The first-order valence-corrected chi connectivity index (χ1v) is 17.9. The monoisotopic (exact) mass is 706 g/mol. The molecule has 4 unspecified atom stereocenters. The Hall–Kier alpha value is -3.11. The number of aliphatic hydroxyl groups is 2. The van der Waals surface area contributed by atoms with Crippen molar-refractivity contribution in [3.05, 3.63) is 141 Å². The van der Waals surface area contributed by atoms with E-state index < -0.39 is 12.2 Å². The fourth-order valence-corrected chi connectivity index (χ4v) is 6.14. The average molecular weight is 708 g/mol. The molecule has 0 spiro atoms. The molecule has 0 heterocycles. The van der Waals surface area contributed by atoms with Crippen LogP contribution in [0.2, 0.25) is 0 Å². The van der Waals surface area contributed by atoms with Crippen molar-refractivity contribution in [1.82, 2.24) is 0 Å². The Balaban J connectivity index is 0.000000333. The molecule has 0 aromatic heterocycles. The average Bonchev–Trinajstić information content (AvgIpc) is 3.05. The number of hydrogen-bond acceptors (Lipinski definition) is 2. The minimum atomic E-state index is -0.473. The van der Waals surface area contributed by atoms with E-state index in [1.54, 1.807) is 0 Å². The van der Waals surface area contributed by atoms with Crippen LogP contribution in [-0.4, -0.2) is 22.3 Å². The maximum atomic E-state index is 10.5. The Morgan fingerprint density at radius 1 is 0.408 bits per heavy atom. The van der Waals surface area contributed by atoms with E-state index in [1.807, 2.05) is 60.7 Å². The zero-order valence-electron chi connectivity index (χ0n) is 31.4. The summed E-state index contributed by atoms with van der Waals surface area (Å²) in [6.07, 6.45) is 0.319. The van der Waals surface area contributed by atoms with Gasteiger partial charge in [-0.05, 0) is 47.6 Å². The number of hydrogen-bond donors (Lipinski definition) is 2. The molecule has 268 valence electrons. The van der Waals surface area contributed by atoms with Gasteiger partial charge < -0.3 is 20.8 Å². The second-order valence-corrected chi connectivity index (χ2v) is 14.5. The molecule has 0 amide bonds. The summed E-state index contributed by atoms with van der Waals surface area (Å²) in [6.45, 7) is 21.9. The second-order valence-electron chi connectivity index (χ2n) is 14.5. The topological polar surface area (TPSA) is 68.7 Å². The van der Waals surface area contributed by atoms with E-state index in [1.165, 1.54) is 22.3 Å². The number of aliphatic hydroxyl groups excluding tert-OH is 2. The van der Waals surface area contributed by atoms with E-state index >= 15 is 0 Å². The summed E-state index contributed by atoms with van der Waals surface area (Å²) in [6, 6.07) is 32.8. The molecule has 4 nitrogen and oxygen atoms in total. The summed E-state index contributed by atoms with van der Waals surface area (Å²) in [5.41, 5.74) is 9.33. The van der Waals surface area contributed by atoms with Crippen LogP contribution in [0.1, 0.15) is 151 Å². The van der Waals surface area contributed by atoms with E-state index in [0.717, 1.165) is 22.5 Å². The molecule has 49 heavy (non-hydrogen) atoms. The molecular formula is C44H60N2NiO2. The van der Waals surface area contributed by atoms with Crippen molar-refractivity contribution in [2.75, 3.05) is 0 Å². The summed E-state index contributed by atoms with van der Waals surface area (Å²) in [7, 11) is 0. The van der Waals surface area contributed by atoms with Crippen molar-refractivity contribution >= 4 is 11.4 Å². The predicted molar refractivity (Wildman–Crippen MR) is 206 cm³/mol. The van der Waals surface area contributed by atoms with Gasteiger partial charge in [0.15, 0.2) is 0 Å². The van der Waals surface area contributed by atoms with Crippen LogP contribution in [0.3, 0.4) is 0 Å². The summed E-state index contributed by atoms with van der Waals surface area (Å²) in [5.74, 6) is 1.75. The van der Waals surface area contributed by atoms with Gasteiger partial charge in [0.25, 0.3) is 0 Å².